The average Bonchev–Trinajstić information content (AvgIpc) is 3.36. The predicted octanol–water partition coefficient (Wildman–Crippen LogP) is 7.27. The van der Waals surface area contributed by atoms with E-state index in [9.17, 15) is 4.79 Å². The first-order valence-corrected chi connectivity index (χ1v) is 15.3. The SMILES string of the molecule is CC1=C2CC3C(CCC4=CC(=O)CCC43C)C2CCC2(C1)OC1CCCN(Cc3ccccc3)C1C2C. The molecular weight excluding hydrogens is 454 g/mol. The number of rotatable bonds is 2. The Morgan fingerprint density at radius 3 is 2.76 bits per heavy atom. The molecule has 8 atom stereocenters. The normalized spacial score (nSPS) is 43.6. The topological polar surface area (TPSA) is 29.5 Å². The first-order chi connectivity index (χ1) is 17.9. The number of carbonyl (C=O) groups is 1. The number of hydrogen-bond donors (Lipinski definition) is 0. The first kappa shape index (κ1) is 24.3. The van der Waals surface area contributed by atoms with E-state index in [0.717, 1.165) is 50.0 Å². The molecule has 2 saturated heterocycles. The number of hydrogen-bond acceptors (Lipinski definition) is 3. The van der Waals surface area contributed by atoms with Crippen LogP contribution < -0.4 is 0 Å². The molecule has 3 heteroatoms. The Hall–Kier alpha value is -1.71. The molecule has 1 aromatic rings. The number of fused-ring (bicyclic) bond motifs is 6. The van der Waals surface area contributed by atoms with Crippen LogP contribution in [0.5, 0.6) is 0 Å². The van der Waals surface area contributed by atoms with Crippen LogP contribution in [0.15, 0.2) is 53.1 Å². The molecule has 6 aliphatic rings. The van der Waals surface area contributed by atoms with E-state index in [1.165, 1.54) is 56.2 Å². The lowest BCUT2D eigenvalue weighted by Crippen LogP contribution is -2.49. The van der Waals surface area contributed by atoms with Crippen molar-refractivity contribution in [1.82, 2.24) is 4.90 Å². The van der Waals surface area contributed by atoms with Gasteiger partial charge in [-0.2, -0.15) is 0 Å². The molecule has 37 heavy (non-hydrogen) atoms. The minimum absolute atomic E-state index is 0.00637. The molecule has 2 saturated carbocycles. The van der Waals surface area contributed by atoms with Gasteiger partial charge in [-0.3, -0.25) is 9.69 Å². The second kappa shape index (κ2) is 8.91. The van der Waals surface area contributed by atoms with Crippen LogP contribution in [0.3, 0.4) is 0 Å². The van der Waals surface area contributed by atoms with Crippen molar-refractivity contribution in [1.29, 1.82) is 0 Å². The summed E-state index contributed by atoms with van der Waals surface area (Å²) in [4.78, 5) is 15.0. The van der Waals surface area contributed by atoms with Crippen LogP contribution in [0.2, 0.25) is 0 Å². The van der Waals surface area contributed by atoms with Gasteiger partial charge in [0.25, 0.3) is 0 Å². The fourth-order valence-electron chi connectivity index (χ4n) is 10.2. The third-order valence-electron chi connectivity index (χ3n) is 12.1. The fraction of sp³-hybridized carbons (Fsp3) is 0.676. The van der Waals surface area contributed by atoms with E-state index >= 15 is 0 Å². The zero-order valence-electron chi connectivity index (χ0n) is 23.2. The van der Waals surface area contributed by atoms with Crippen LogP contribution in [-0.4, -0.2) is 35.0 Å². The number of piperidine rings is 1. The predicted molar refractivity (Wildman–Crippen MR) is 148 cm³/mol. The van der Waals surface area contributed by atoms with E-state index in [-0.39, 0.29) is 11.0 Å². The van der Waals surface area contributed by atoms with E-state index in [0.29, 0.717) is 23.8 Å². The molecule has 1 aromatic carbocycles. The summed E-state index contributed by atoms with van der Waals surface area (Å²) in [6.07, 6.45) is 14.0. The van der Waals surface area contributed by atoms with Gasteiger partial charge in [-0.25, -0.2) is 0 Å². The van der Waals surface area contributed by atoms with Crippen molar-refractivity contribution in [2.75, 3.05) is 6.54 Å². The summed E-state index contributed by atoms with van der Waals surface area (Å²) in [5.74, 6) is 3.19. The third-order valence-corrected chi connectivity index (χ3v) is 12.1. The Morgan fingerprint density at radius 2 is 1.92 bits per heavy atom. The number of carbonyl (C=O) groups excluding carboxylic acids is 1. The molecule has 0 amide bonds. The van der Waals surface area contributed by atoms with E-state index in [2.05, 4.69) is 56.0 Å². The van der Waals surface area contributed by atoms with Crippen LogP contribution in [0.25, 0.3) is 0 Å². The number of benzene rings is 1. The van der Waals surface area contributed by atoms with Crippen LogP contribution in [0, 0.1) is 29.1 Å². The molecule has 0 bridgehead atoms. The molecule has 2 aliphatic heterocycles. The Balaban J connectivity index is 1.15. The molecule has 8 unspecified atom stereocenters. The summed E-state index contributed by atoms with van der Waals surface area (Å²) in [5.41, 5.74) is 6.60. The van der Waals surface area contributed by atoms with Gasteiger partial charge < -0.3 is 4.74 Å². The Bertz CT molecular complexity index is 1140. The molecule has 0 N–H and O–H groups in total. The lowest BCUT2D eigenvalue weighted by Gasteiger charge is -2.48. The average molecular weight is 500 g/mol. The highest BCUT2D eigenvalue weighted by molar-refractivity contribution is 5.91. The van der Waals surface area contributed by atoms with Crippen molar-refractivity contribution in [3.63, 3.8) is 0 Å². The largest absolute Gasteiger partial charge is 0.369 e. The van der Waals surface area contributed by atoms with Gasteiger partial charge in [0.1, 0.15) is 0 Å². The second-order valence-corrected chi connectivity index (χ2v) is 13.8. The zero-order valence-corrected chi connectivity index (χ0v) is 23.2. The highest BCUT2D eigenvalue weighted by Crippen LogP contribution is 2.64. The van der Waals surface area contributed by atoms with Gasteiger partial charge >= 0.3 is 0 Å². The van der Waals surface area contributed by atoms with Gasteiger partial charge in [0, 0.05) is 24.9 Å². The number of likely N-dealkylation sites (tertiary alicyclic amines) is 1. The number of ether oxygens (including phenoxy) is 1. The first-order valence-electron chi connectivity index (χ1n) is 15.3. The summed E-state index contributed by atoms with van der Waals surface area (Å²) >= 11 is 0. The van der Waals surface area contributed by atoms with Gasteiger partial charge in [0.2, 0.25) is 0 Å². The van der Waals surface area contributed by atoms with E-state index in [1.807, 2.05) is 6.08 Å². The van der Waals surface area contributed by atoms with Crippen LogP contribution in [0.4, 0.5) is 0 Å². The molecule has 7 rings (SSSR count). The maximum atomic E-state index is 12.2. The minimum Gasteiger partial charge on any atom is -0.369 e. The van der Waals surface area contributed by atoms with Crippen molar-refractivity contribution in [2.45, 2.75) is 109 Å². The van der Waals surface area contributed by atoms with Crippen molar-refractivity contribution < 1.29 is 9.53 Å². The molecule has 0 radical (unpaired) electrons. The summed E-state index contributed by atoms with van der Waals surface area (Å²) in [6.45, 7) is 9.72. The molecule has 198 valence electrons. The second-order valence-electron chi connectivity index (χ2n) is 13.8. The molecule has 4 aliphatic carbocycles. The maximum absolute atomic E-state index is 12.2. The fourth-order valence-corrected chi connectivity index (χ4v) is 10.2. The molecule has 1 spiro atoms. The summed E-state index contributed by atoms with van der Waals surface area (Å²) in [7, 11) is 0. The number of nitrogens with zero attached hydrogens (tertiary/aromatic N) is 1. The van der Waals surface area contributed by atoms with Crippen molar-refractivity contribution in [3.8, 4) is 0 Å². The smallest absolute Gasteiger partial charge is 0.155 e. The maximum Gasteiger partial charge on any atom is 0.155 e. The lowest BCUT2D eigenvalue weighted by atomic mass is 9.56. The van der Waals surface area contributed by atoms with Crippen LogP contribution in [-0.2, 0) is 16.1 Å². The zero-order chi connectivity index (χ0) is 25.4. The molecule has 4 fully saturated rings. The number of ketones is 1. The monoisotopic (exact) mass is 499 g/mol. The van der Waals surface area contributed by atoms with Crippen molar-refractivity contribution >= 4 is 5.78 Å². The Morgan fingerprint density at radius 1 is 1.08 bits per heavy atom. The number of allylic oxidation sites excluding steroid dienone is 3. The van der Waals surface area contributed by atoms with Gasteiger partial charge in [0.05, 0.1) is 11.7 Å². The van der Waals surface area contributed by atoms with E-state index in [4.69, 9.17) is 4.74 Å². The molecule has 3 nitrogen and oxygen atoms in total. The summed E-state index contributed by atoms with van der Waals surface area (Å²) in [5, 5.41) is 0. The standard InChI is InChI=1S/C34H45NO2/c1-22-20-34(23(2)32-31(37-34)10-7-17-35(32)21-24-8-5-4-6-9-24)16-14-27-28-12-11-25-18-26(36)13-15-33(25,3)30(28)19-29(22)27/h4-6,8-9,18,23,27-28,30-32H,7,10-17,19-21H2,1-3H3. The molecule has 0 aromatic heterocycles. The van der Waals surface area contributed by atoms with Crippen molar-refractivity contribution in [3.05, 3.63) is 58.7 Å². The van der Waals surface area contributed by atoms with E-state index < -0.39 is 0 Å². The van der Waals surface area contributed by atoms with Gasteiger partial charge in [0.15, 0.2) is 5.78 Å². The van der Waals surface area contributed by atoms with Gasteiger partial charge in [-0.1, -0.05) is 60.9 Å². The Labute approximate surface area is 223 Å². The van der Waals surface area contributed by atoms with Crippen LogP contribution >= 0.6 is 0 Å². The highest BCUT2D eigenvalue weighted by Gasteiger charge is 2.59. The molecular formula is C34H45NO2. The quantitative estimate of drug-likeness (QED) is 0.401. The highest BCUT2D eigenvalue weighted by atomic mass is 16.5. The minimum atomic E-state index is 0.00637. The summed E-state index contributed by atoms with van der Waals surface area (Å²) < 4.78 is 7.22. The van der Waals surface area contributed by atoms with Gasteiger partial charge in [-0.05, 0) is 106 Å². The summed E-state index contributed by atoms with van der Waals surface area (Å²) in [6, 6.07) is 11.6. The Kier molecular flexibility index (Phi) is 5.86. The molecule has 2 heterocycles. The van der Waals surface area contributed by atoms with Crippen LogP contribution in [0.1, 0.15) is 90.5 Å². The third kappa shape index (κ3) is 3.78. The lowest BCUT2D eigenvalue weighted by molar-refractivity contribution is -0.116. The van der Waals surface area contributed by atoms with Crippen molar-refractivity contribution in [2.24, 2.45) is 29.1 Å². The van der Waals surface area contributed by atoms with Gasteiger partial charge in [-0.15, -0.1) is 0 Å². The van der Waals surface area contributed by atoms with E-state index in [1.54, 1.807) is 11.1 Å².